The van der Waals surface area contributed by atoms with Crippen molar-refractivity contribution in [3.05, 3.63) is 65.0 Å². The van der Waals surface area contributed by atoms with Crippen molar-refractivity contribution in [1.82, 2.24) is 0 Å². The summed E-state index contributed by atoms with van der Waals surface area (Å²) in [6.45, 7) is 1.96. The minimum atomic E-state index is -3.63. The molecule has 0 aliphatic carbocycles. The molecule has 0 N–H and O–H groups in total. The zero-order valence-electron chi connectivity index (χ0n) is 13.1. The molecule has 0 heterocycles. The largest absolute Gasteiger partial charge is 0.432 e. The van der Waals surface area contributed by atoms with Gasteiger partial charge in [0, 0.05) is 6.07 Å². The quantitative estimate of drug-likeness (QED) is 0.589. The molecule has 0 saturated heterocycles. The van der Waals surface area contributed by atoms with Crippen molar-refractivity contribution in [2.75, 3.05) is 0 Å². The SMILES string of the molecule is CCCc1ccc(CCC(F)(F)Oc2ccc(F)c(F)c2)c(F)c1. The molecule has 0 aliphatic rings. The van der Waals surface area contributed by atoms with Gasteiger partial charge in [0.1, 0.15) is 11.6 Å². The van der Waals surface area contributed by atoms with E-state index in [2.05, 4.69) is 4.74 Å². The summed E-state index contributed by atoms with van der Waals surface area (Å²) in [5, 5.41) is 0. The van der Waals surface area contributed by atoms with Gasteiger partial charge in [-0.05, 0) is 42.2 Å². The second kappa shape index (κ2) is 7.64. The second-order valence-corrected chi connectivity index (χ2v) is 5.49. The van der Waals surface area contributed by atoms with Crippen molar-refractivity contribution in [1.29, 1.82) is 0 Å². The van der Waals surface area contributed by atoms with Crippen LogP contribution in [0.25, 0.3) is 0 Å². The minimum absolute atomic E-state index is 0.156. The first-order valence-corrected chi connectivity index (χ1v) is 7.60. The first-order valence-electron chi connectivity index (χ1n) is 7.60. The van der Waals surface area contributed by atoms with Gasteiger partial charge in [-0.3, -0.25) is 0 Å². The summed E-state index contributed by atoms with van der Waals surface area (Å²) in [5.41, 5.74) is 0.965. The average molecular weight is 344 g/mol. The van der Waals surface area contributed by atoms with Crippen molar-refractivity contribution in [2.45, 2.75) is 38.7 Å². The summed E-state index contributed by atoms with van der Waals surface area (Å²) in [6.07, 6.45) is -3.07. The summed E-state index contributed by atoms with van der Waals surface area (Å²) in [5.74, 6) is -3.46. The third kappa shape index (κ3) is 4.94. The topological polar surface area (TPSA) is 9.23 Å². The molecule has 0 aromatic heterocycles. The van der Waals surface area contributed by atoms with Crippen LogP contribution in [-0.2, 0) is 12.8 Å². The third-order valence-corrected chi connectivity index (χ3v) is 3.50. The van der Waals surface area contributed by atoms with Gasteiger partial charge < -0.3 is 4.74 Å². The van der Waals surface area contributed by atoms with Crippen LogP contribution in [0, 0.1) is 17.5 Å². The molecule has 0 radical (unpaired) electrons. The molecule has 0 spiro atoms. The first-order chi connectivity index (χ1) is 11.3. The monoisotopic (exact) mass is 344 g/mol. The van der Waals surface area contributed by atoms with E-state index in [1.54, 1.807) is 6.07 Å². The van der Waals surface area contributed by atoms with Gasteiger partial charge in [-0.2, -0.15) is 8.78 Å². The Kier molecular flexibility index (Phi) is 5.80. The van der Waals surface area contributed by atoms with Crippen LogP contribution in [-0.4, -0.2) is 6.11 Å². The van der Waals surface area contributed by atoms with Crippen LogP contribution in [0.4, 0.5) is 22.0 Å². The van der Waals surface area contributed by atoms with Crippen molar-refractivity contribution in [3.63, 3.8) is 0 Å². The van der Waals surface area contributed by atoms with E-state index in [0.717, 1.165) is 18.1 Å². The molecular formula is C18H17F5O. The van der Waals surface area contributed by atoms with Crippen LogP contribution in [0.15, 0.2) is 36.4 Å². The highest BCUT2D eigenvalue weighted by molar-refractivity contribution is 5.26. The van der Waals surface area contributed by atoms with E-state index < -0.39 is 35.7 Å². The molecule has 130 valence electrons. The number of hydrogen-bond donors (Lipinski definition) is 0. The van der Waals surface area contributed by atoms with E-state index in [0.29, 0.717) is 18.6 Å². The molecule has 0 bridgehead atoms. The normalized spacial score (nSPS) is 11.6. The molecule has 0 aliphatic heterocycles. The summed E-state index contributed by atoms with van der Waals surface area (Å²) >= 11 is 0. The molecule has 24 heavy (non-hydrogen) atoms. The second-order valence-electron chi connectivity index (χ2n) is 5.49. The lowest BCUT2D eigenvalue weighted by molar-refractivity contribution is -0.180. The Morgan fingerprint density at radius 3 is 2.25 bits per heavy atom. The molecular weight excluding hydrogens is 327 g/mol. The van der Waals surface area contributed by atoms with Gasteiger partial charge >= 0.3 is 6.11 Å². The van der Waals surface area contributed by atoms with Gasteiger partial charge in [-0.25, -0.2) is 13.2 Å². The van der Waals surface area contributed by atoms with Crippen molar-refractivity contribution >= 4 is 0 Å². The number of benzene rings is 2. The van der Waals surface area contributed by atoms with Crippen LogP contribution >= 0.6 is 0 Å². The number of halogens is 5. The van der Waals surface area contributed by atoms with Gasteiger partial charge in [-0.1, -0.05) is 25.5 Å². The molecule has 2 aromatic rings. The number of rotatable bonds is 7. The predicted molar refractivity (Wildman–Crippen MR) is 80.6 cm³/mol. The van der Waals surface area contributed by atoms with E-state index in [1.807, 2.05) is 6.92 Å². The van der Waals surface area contributed by atoms with Crippen molar-refractivity contribution < 1.29 is 26.7 Å². The van der Waals surface area contributed by atoms with Crippen LogP contribution in [0.3, 0.4) is 0 Å². The van der Waals surface area contributed by atoms with Gasteiger partial charge in [0.05, 0.1) is 6.42 Å². The summed E-state index contributed by atoms with van der Waals surface area (Å²) in [7, 11) is 0. The van der Waals surface area contributed by atoms with Gasteiger partial charge in [-0.15, -0.1) is 0 Å². The molecule has 6 heteroatoms. The fraction of sp³-hybridized carbons (Fsp3) is 0.333. The highest BCUT2D eigenvalue weighted by Gasteiger charge is 2.31. The molecule has 2 rings (SSSR count). The number of aryl methyl sites for hydroxylation is 2. The Bertz CT molecular complexity index is 700. The fourth-order valence-corrected chi connectivity index (χ4v) is 2.28. The van der Waals surface area contributed by atoms with E-state index in [-0.39, 0.29) is 12.0 Å². The molecule has 2 aromatic carbocycles. The highest BCUT2D eigenvalue weighted by atomic mass is 19.3. The molecule has 1 nitrogen and oxygen atoms in total. The Morgan fingerprint density at radius 1 is 0.875 bits per heavy atom. The molecule has 0 saturated carbocycles. The molecule has 0 fully saturated rings. The zero-order valence-corrected chi connectivity index (χ0v) is 13.1. The molecule has 0 amide bonds. The van der Waals surface area contributed by atoms with Crippen LogP contribution in [0.5, 0.6) is 5.75 Å². The maximum absolute atomic E-state index is 13.9. The van der Waals surface area contributed by atoms with Gasteiger partial charge in [0.2, 0.25) is 0 Å². The third-order valence-electron chi connectivity index (χ3n) is 3.50. The average Bonchev–Trinajstić information content (AvgIpc) is 2.50. The molecule has 0 atom stereocenters. The standard InChI is InChI=1S/C18H17F5O/c1-2-3-12-4-5-13(16(20)10-12)8-9-18(22,23)24-14-6-7-15(19)17(21)11-14/h4-7,10-11H,2-3,8-9H2,1H3. The Balaban J connectivity index is 2.00. The van der Waals surface area contributed by atoms with Crippen LogP contribution in [0.1, 0.15) is 30.9 Å². The highest BCUT2D eigenvalue weighted by Crippen LogP contribution is 2.28. The fourth-order valence-electron chi connectivity index (χ4n) is 2.28. The Morgan fingerprint density at radius 2 is 1.62 bits per heavy atom. The lowest BCUT2D eigenvalue weighted by atomic mass is 10.0. The Labute approximate surface area is 137 Å². The smallest absolute Gasteiger partial charge is 0.398 e. The van der Waals surface area contributed by atoms with Gasteiger partial charge in [0.25, 0.3) is 0 Å². The number of ether oxygens (including phenoxy) is 1. The van der Waals surface area contributed by atoms with Crippen LogP contribution < -0.4 is 4.74 Å². The predicted octanol–water partition coefficient (Wildman–Crippen LogP) is 5.66. The number of alkyl halides is 2. The summed E-state index contributed by atoms with van der Waals surface area (Å²) in [4.78, 5) is 0. The van der Waals surface area contributed by atoms with Gasteiger partial charge in [0.15, 0.2) is 11.6 Å². The Hall–Kier alpha value is -2.11. The van der Waals surface area contributed by atoms with Crippen LogP contribution in [0.2, 0.25) is 0 Å². The summed E-state index contributed by atoms with van der Waals surface area (Å²) in [6, 6.07) is 6.68. The van der Waals surface area contributed by atoms with Crippen molar-refractivity contribution in [2.24, 2.45) is 0 Å². The van der Waals surface area contributed by atoms with E-state index in [1.165, 1.54) is 12.1 Å². The molecule has 0 unspecified atom stereocenters. The van der Waals surface area contributed by atoms with Crippen molar-refractivity contribution in [3.8, 4) is 5.75 Å². The van der Waals surface area contributed by atoms with E-state index in [4.69, 9.17) is 0 Å². The lowest BCUT2D eigenvalue weighted by Crippen LogP contribution is -2.25. The lowest BCUT2D eigenvalue weighted by Gasteiger charge is -2.18. The maximum atomic E-state index is 13.9. The van der Waals surface area contributed by atoms with E-state index in [9.17, 15) is 22.0 Å². The maximum Gasteiger partial charge on any atom is 0.398 e. The number of hydrogen-bond acceptors (Lipinski definition) is 1. The zero-order chi connectivity index (χ0) is 17.7. The first kappa shape index (κ1) is 18.2. The van der Waals surface area contributed by atoms with E-state index >= 15 is 0 Å². The summed E-state index contributed by atoms with van der Waals surface area (Å²) < 4.78 is 71.7. The minimum Gasteiger partial charge on any atom is -0.432 e.